The van der Waals surface area contributed by atoms with Crippen molar-refractivity contribution < 1.29 is 14.1 Å². The molecule has 0 N–H and O–H groups in total. The van der Waals surface area contributed by atoms with Crippen molar-refractivity contribution in [3.63, 3.8) is 0 Å². The third-order valence-electron chi connectivity index (χ3n) is 4.31. The second-order valence-corrected chi connectivity index (χ2v) is 5.98. The van der Waals surface area contributed by atoms with Crippen LogP contribution in [0.15, 0.2) is 34.9 Å². The van der Waals surface area contributed by atoms with Gasteiger partial charge in [0, 0.05) is 24.9 Å². The standard InChI is InChI=1S/C18H22N2O3/c1-13-17(14(2)23-19-13)8-9-18(21)20-11-10-16(12-20)22-15-6-4-3-5-7-15/h3-7,16H,8-12H2,1-2H3/t16-/m0/s1. The summed E-state index contributed by atoms with van der Waals surface area (Å²) < 4.78 is 11.1. The van der Waals surface area contributed by atoms with Gasteiger partial charge >= 0.3 is 0 Å². The Morgan fingerprint density at radius 3 is 2.83 bits per heavy atom. The predicted molar refractivity (Wildman–Crippen MR) is 86.4 cm³/mol. The van der Waals surface area contributed by atoms with Crippen molar-refractivity contribution in [1.82, 2.24) is 10.1 Å². The van der Waals surface area contributed by atoms with Crippen LogP contribution in [-0.4, -0.2) is 35.2 Å². The molecule has 1 aromatic heterocycles. The molecule has 2 heterocycles. The summed E-state index contributed by atoms with van der Waals surface area (Å²) in [5.74, 6) is 1.84. The first kappa shape index (κ1) is 15.6. The molecular weight excluding hydrogens is 292 g/mol. The van der Waals surface area contributed by atoms with Gasteiger partial charge in [0.15, 0.2) is 0 Å². The smallest absolute Gasteiger partial charge is 0.223 e. The summed E-state index contributed by atoms with van der Waals surface area (Å²) in [7, 11) is 0. The maximum absolute atomic E-state index is 12.4. The highest BCUT2D eigenvalue weighted by Gasteiger charge is 2.27. The van der Waals surface area contributed by atoms with E-state index in [2.05, 4.69) is 5.16 Å². The lowest BCUT2D eigenvalue weighted by atomic mass is 10.1. The molecule has 1 aliphatic heterocycles. The van der Waals surface area contributed by atoms with Crippen molar-refractivity contribution >= 4 is 5.91 Å². The zero-order valence-electron chi connectivity index (χ0n) is 13.6. The van der Waals surface area contributed by atoms with Crippen molar-refractivity contribution in [2.75, 3.05) is 13.1 Å². The highest BCUT2D eigenvalue weighted by atomic mass is 16.5. The lowest BCUT2D eigenvalue weighted by Crippen LogP contribution is -2.31. The maximum Gasteiger partial charge on any atom is 0.223 e. The Labute approximate surface area is 136 Å². The average molecular weight is 314 g/mol. The number of ether oxygens (including phenoxy) is 1. The molecule has 5 heteroatoms. The summed E-state index contributed by atoms with van der Waals surface area (Å²) >= 11 is 0. The molecule has 3 rings (SSSR count). The predicted octanol–water partition coefficient (Wildman–Crippen LogP) is 2.90. The van der Waals surface area contributed by atoms with Crippen LogP contribution in [0.2, 0.25) is 0 Å². The van der Waals surface area contributed by atoms with Gasteiger partial charge in [-0.3, -0.25) is 4.79 Å². The summed E-state index contributed by atoms with van der Waals surface area (Å²) in [6.07, 6.45) is 2.13. The number of aromatic nitrogens is 1. The van der Waals surface area contributed by atoms with Crippen LogP contribution in [0.1, 0.15) is 29.9 Å². The van der Waals surface area contributed by atoms with Crippen LogP contribution in [0.3, 0.4) is 0 Å². The van der Waals surface area contributed by atoms with E-state index in [0.717, 1.165) is 35.7 Å². The molecule has 1 amide bonds. The first-order chi connectivity index (χ1) is 11.1. The summed E-state index contributed by atoms with van der Waals surface area (Å²) in [5.41, 5.74) is 1.93. The second kappa shape index (κ2) is 6.86. The molecule has 0 saturated carbocycles. The first-order valence-electron chi connectivity index (χ1n) is 8.04. The van der Waals surface area contributed by atoms with Crippen LogP contribution in [0.25, 0.3) is 0 Å². The van der Waals surface area contributed by atoms with E-state index < -0.39 is 0 Å². The Hall–Kier alpha value is -2.30. The molecule has 1 saturated heterocycles. The van der Waals surface area contributed by atoms with Gasteiger partial charge in [-0.25, -0.2) is 0 Å². The summed E-state index contributed by atoms with van der Waals surface area (Å²) in [6, 6.07) is 9.77. The minimum absolute atomic E-state index is 0.0837. The summed E-state index contributed by atoms with van der Waals surface area (Å²) in [4.78, 5) is 14.3. The van der Waals surface area contributed by atoms with Crippen LogP contribution in [0.5, 0.6) is 5.75 Å². The van der Waals surface area contributed by atoms with E-state index in [1.54, 1.807) is 0 Å². The van der Waals surface area contributed by atoms with E-state index in [4.69, 9.17) is 9.26 Å². The number of carbonyl (C=O) groups is 1. The molecule has 1 fully saturated rings. The number of benzene rings is 1. The number of likely N-dealkylation sites (tertiary alicyclic amines) is 1. The lowest BCUT2D eigenvalue weighted by molar-refractivity contribution is -0.130. The van der Waals surface area contributed by atoms with Crippen LogP contribution in [-0.2, 0) is 11.2 Å². The van der Waals surface area contributed by atoms with Crippen LogP contribution in [0.4, 0.5) is 0 Å². The fourth-order valence-electron chi connectivity index (χ4n) is 2.99. The van der Waals surface area contributed by atoms with Gasteiger partial charge in [0.25, 0.3) is 0 Å². The lowest BCUT2D eigenvalue weighted by Gasteiger charge is -2.17. The molecule has 0 unspecified atom stereocenters. The third-order valence-corrected chi connectivity index (χ3v) is 4.31. The first-order valence-corrected chi connectivity index (χ1v) is 8.04. The second-order valence-electron chi connectivity index (χ2n) is 5.98. The van der Waals surface area contributed by atoms with E-state index >= 15 is 0 Å². The van der Waals surface area contributed by atoms with Gasteiger partial charge in [0.1, 0.15) is 17.6 Å². The van der Waals surface area contributed by atoms with Crippen molar-refractivity contribution in [1.29, 1.82) is 0 Å². The molecule has 1 aromatic carbocycles. The third kappa shape index (κ3) is 3.73. The molecule has 5 nitrogen and oxygen atoms in total. The number of hydrogen-bond donors (Lipinski definition) is 0. The van der Waals surface area contributed by atoms with E-state index in [-0.39, 0.29) is 12.0 Å². The SMILES string of the molecule is Cc1noc(C)c1CCC(=O)N1CC[C@H](Oc2ccccc2)C1. The molecule has 0 radical (unpaired) electrons. The molecule has 0 bridgehead atoms. The summed E-state index contributed by atoms with van der Waals surface area (Å²) in [6.45, 7) is 5.22. The maximum atomic E-state index is 12.4. The minimum atomic E-state index is 0.0837. The fourth-order valence-corrected chi connectivity index (χ4v) is 2.99. The zero-order valence-corrected chi connectivity index (χ0v) is 13.6. The molecule has 122 valence electrons. The van der Waals surface area contributed by atoms with Gasteiger partial charge in [-0.05, 0) is 32.4 Å². The largest absolute Gasteiger partial charge is 0.489 e. The minimum Gasteiger partial charge on any atom is -0.489 e. The Bertz CT molecular complexity index is 647. The molecule has 0 aliphatic carbocycles. The number of aryl methyl sites for hydroxylation is 2. The van der Waals surface area contributed by atoms with Crippen molar-refractivity contribution in [2.24, 2.45) is 0 Å². The van der Waals surface area contributed by atoms with Crippen molar-refractivity contribution in [2.45, 2.75) is 39.2 Å². The van der Waals surface area contributed by atoms with Crippen LogP contribution >= 0.6 is 0 Å². The molecule has 0 spiro atoms. The fraction of sp³-hybridized carbons (Fsp3) is 0.444. The highest BCUT2D eigenvalue weighted by molar-refractivity contribution is 5.76. The Balaban J connectivity index is 1.49. The molecule has 1 aliphatic rings. The van der Waals surface area contributed by atoms with E-state index in [1.807, 2.05) is 49.1 Å². The van der Waals surface area contributed by atoms with Crippen LogP contribution < -0.4 is 4.74 Å². The van der Waals surface area contributed by atoms with Gasteiger partial charge in [-0.2, -0.15) is 0 Å². The topological polar surface area (TPSA) is 55.6 Å². The Morgan fingerprint density at radius 1 is 1.35 bits per heavy atom. The number of amides is 1. The molecule has 1 atom stereocenters. The number of para-hydroxylation sites is 1. The number of nitrogens with zero attached hydrogens (tertiary/aromatic N) is 2. The molecule has 23 heavy (non-hydrogen) atoms. The van der Waals surface area contributed by atoms with Gasteiger partial charge in [-0.1, -0.05) is 23.4 Å². The van der Waals surface area contributed by atoms with E-state index in [9.17, 15) is 4.79 Å². The highest BCUT2D eigenvalue weighted by Crippen LogP contribution is 2.20. The normalized spacial score (nSPS) is 17.5. The Kier molecular flexibility index (Phi) is 4.65. The monoisotopic (exact) mass is 314 g/mol. The van der Waals surface area contributed by atoms with Crippen LogP contribution in [0, 0.1) is 13.8 Å². The van der Waals surface area contributed by atoms with Gasteiger partial charge in [0.05, 0.1) is 12.2 Å². The van der Waals surface area contributed by atoms with Gasteiger partial charge in [-0.15, -0.1) is 0 Å². The van der Waals surface area contributed by atoms with E-state index in [0.29, 0.717) is 19.4 Å². The van der Waals surface area contributed by atoms with Crippen molar-refractivity contribution in [3.8, 4) is 5.75 Å². The molecular formula is C18H22N2O3. The molecule has 2 aromatic rings. The zero-order chi connectivity index (χ0) is 16.2. The Morgan fingerprint density at radius 2 is 2.13 bits per heavy atom. The average Bonchev–Trinajstić information content (AvgIpc) is 3.14. The van der Waals surface area contributed by atoms with Crippen molar-refractivity contribution in [3.05, 3.63) is 47.3 Å². The number of carbonyl (C=O) groups excluding carboxylic acids is 1. The number of hydrogen-bond acceptors (Lipinski definition) is 4. The van der Waals surface area contributed by atoms with Gasteiger partial charge in [0.2, 0.25) is 5.91 Å². The number of rotatable bonds is 5. The summed E-state index contributed by atoms with van der Waals surface area (Å²) in [5, 5.41) is 3.93. The van der Waals surface area contributed by atoms with Gasteiger partial charge < -0.3 is 14.2 Å². The van der Waals surface area contributed by atoms with E-state index in [1.165, 1.54) is 0 Å². The quantitative estimate of drug-likeness (QED) is 0.851.